The van der Waals surface area contributed by atoms with Crippen LogP contribution in [0.4, 0.5) is 0 Å². The number of ketones is 1. The minimum absolute atomic E-state index is 0.202. The van der Waals surface area contributed by atoms with Crippen LogP contribution in [0.5, 0.6) is 0 Å². The van der Waals surface area contributed by atoms with Crippen LogP contribution in [0, 0.1) is 19.8 Å². The van der Waals surface area contributed by atoms with Crippen molar-refractivity contribution < 1.29 is 9.59 Å². The summed E-state index contributed by atoms with van der Waals surface area (Å²) >= 11 is 0. The molecule has 4 heterocycles. The molecule has 2 aliphatic heterocycles. The molecule has 1 amide bonds. The molecule has 0 atom stereocenters. The molecule has 3 aromatic rings. The van der Waals surface area contributed by atoms with E-state index in [1.807, 2.05) is 13.8 Å². The predicted molar refractivity (Wildman–Crippen MR) is 153 cm³/mol. The van der Waals surface area contributed by atoms with Gasteiger partial charge in [-0.2, -0.15) is 0 Å². The predicted octanol–water partition coefficient (Wildman–Crippen LogP) is 6.03. The molecule has 2 N–H and O–H groups in total. The van der Waals surface area contributed by atoms with E-state index in [1.165, 1.54) is 27.8 Å². The molecule has 0 aliphatic carbocycles. The molecule has 2 aromatic heterocycles. The second kappa shape index (κ2) is 11.4. The highest BCUT2D eigenvalue weighted by Crippen LogP contribution is 2.38. The average Bonchev–Trinajstić information content (AvgIpc) is 3.31. The molecule has 5 rings (SSSR count). The van der Waals surface area contributed by atoms with Crippen molar-refractivity contribution in [2.45, 2.75) is 78.1 Å². The molecule has 6 heteroatoms. The van der Waals surface area contributed by atoms with Crippen molar-refractivity contribution in [1.29, 1.82) is 0 Å². The Morgan fingerprint density at radius 2 is 1.68 bits per heavy atom. The Morgan fingerprint density at radius 1 is 1.00 bits per heavy atom. The average molecular weight is 515 g/mol. The Morgan fingerprint density at radius 3 is 2.34 bits per heavy atom. The number of aromatic amines is 1. The lowest BCUT2D eigenvalue weighted by atomic mass is 9.87. The lowest BCUT2D eigenvalue weighted by molar-refractivity contribution is -0.145. The third kappa shape index (κ3) is 5.70. The van der Waals surface area contributed by atoms with Gasteiger partial charge < -0.3 is 15.2 Å². The van der Waals surface area contributed by atoms with Crippen LogP contribution in [0.1, 0.15) is 86.7 Å². The fourth-order valence-corrected chi connectivity index (χ4v) is 6.50. The summed E-state index contributed by atoms with van der Waals surface area (Å²) in [4.78, 5) is 35.5. The number of fused-ring (bicyclic) bond motifs is 1. The number of aromatic nitrogens is 2. The minimum atomic E-state index is -0.270. The number of nitrogens with zero attached hydrogens (tertiary/aromatic N) is 2. The summed E-state index contributed by atoms with van der Waals surface area (Å²) in [5, 5.41) is 4.64. The zero-order chi connectivity index (χ0) is 26.8. The summed E-state index contributed by atoms with van der Waals surface area (Å²) in [5.41, 5.74) is 8.26. The molecule has 2 fully saturated rings. The second-order valence-corrected chi connectivity index (χ2v) is 11.7. The molecule has 202 valence electrons. The van der Waals surface area contributed by atoms with E-state index < -0.39 is 0 Å². The minimum Gasteiger partial charge on any atom is -0.354 e. The van der Waals surface area contributed by atoms with Crippen LogP contribution in [0.2, 0.25) is 0 Å². The van der Waals surface area contributed by atoms with Gasteiger partial charge in [-0.3, -0.25) is 14.6 Å². The molecule has 0 unspecified atom stereocenters. The quantitative estimate of drug-likeness (QED) is 0.378. The summed E-state index contributed by atoms with van der Waals surface area (Å²) in [7, 11) is 0. The van der Waals surface area contributed by atoms with Crippen LogP contribution in [-0.4, -0.2) is 52.7 Å². The van der Waals surface area contributed by atoms with Gasteiger partial charge in [0.15, 0.2) is 0 Å². The Balaban J connectivity index is 1.27. The third-order valence-electron chi connectivity index (χ3n) is 8.54. The molecule has 0 saturated carbocycles. The van der Waals surface area contributed by atoms with Crippen molar-refractivity contribution in [2.24, 2.45) is 5.92 Å². The molecule has 2 saturated heterocycles. The largest absolute Gasteiger partial charge is 0.354 e. The number of amides is 1. The van der Waals surface area contributed by atoms with E-state index in [1.54, 1.807) is 4.90 Å². The van der Waals surface area contributed by atoms with Crippen molar-refractivity contribution in [1.82, 2.24) is 20.2 Å². The SMILES string of the molecule is Cc1cc(-c2[nH]c3ccc(C4CCN(C(=O)C(=O)CCC5CCNCC5)CC4)cc3c2C(C)C)cc(C)n1. The van der Waals surface area contributed by atoms with Crippen LogP contribution in [-0.2, 0) is 9.59 Å². The van der Waals surface area contributed by atoms with Gasteiger partial charge in [0.2, 0.25) is 5.78 Å². The maximum Gasteiger partial charge on any atom is 0.289 e. The number of benzene rings is 1. The fourth-order valence-electron chi connectivity index (χ4n) is 6.50. The molecule has 0 spiro atoms. The van der Waals surface area contributed by atoms with Crippen molar-refractivity contribution in [3.05, 3.63) is 52.8 Å². The van der Waals surface area contributed by atoms with Crippen molar-refractivity contribution in [3.8, 4) is 11.3 Å². The van der Waals surface area contributed by atoms with E-state index in [9.17, 15) is 9.59 Å². The van der Waals surface area contributed by atoms with E-state index >= 15 is 0 Å². The normalized spacial score (nSPS) is 17.4. The number of aryl methyl sites for hydroxylation is 2. The summed E-state index contributed by atoms with van der Waals surface area (Å²) in [6.07, 6.45) is 5.26. The van der Waals surface area contributed by atoms with Gasteiger partial charge in [0.1, 0.15) is 0 Å². The highest BCUT2D eigenvalue weighted by molar-refractivity contribution is 6.36. The van der Waals surface area contributed by atoms with Crippen molar-refractivity contribution in [2.75, 3.05) is 26.2 Å². The maximum atomic E-state index is 12.8. The number of likely N-dealkylation sites (tertiary alicyclic amines) is 1. The number of Topliss-reactive ketones (excluding diaryl/α,β-unsaturated/α-hetero) is 1. The van der Waals surface area contributed by atoms with Crippen LogP contribution in [0.25, 0.3) is 22.2 Å². The third-order valence-corrected chi connectivity index (χ3v) is 8.54. The number of nitrogens with one attached hydrogen (secondary N) is 2. The molecule has 38 heavy (non-hydrogen) atoms. The molecule has 0 radical (unpaired) electrons. The summed E-state index contributed by atoms with van der Waals surface area (Å²) in [6, 6.07) is 11.1. The summed E-state index contributed by atoms with van der Waals surface area (Å²) < 4.78 is 0. The summed E-state index contributed by atoms with van der Waals surface area (Å²) in [5.74, 6) is 0.875. The van der Waals surface area contributed by atoms with Gasteiger partial charge in [0, 0.05) is 47.4 Å². The topological polar surface area (TPSA) is 78.1 Å². The Kier molecular flexibility index (Phi) is 7.98. The van der Waals surface area contributed by atoms with E-state index in [0.29, 0.717) is 37.3 Å². The number of H-pyrrole nitrogens is 1. The van der Waals surface area contributed by atoms with Gasteiger partial charge in [-0.15, -0.1) is 0 Å². The van der Waals surface area contributed by atoms with E-state index in [4.69, 9.17) is 0 Å². The fraction of sp³-hybridized carbons (Fsp3) is 0.531. The molecule has 1 aromatic carbocycles. The van der Waals surface area contributed by atoms with E-state index in [0.717, 1.165) is 62.1 Å². The van der Waals surface area contributed by atoms with Gasteiger partial charge in [-0.25, -0.2) is 0 Å². The van der Waals surface area contributed by atoms with E-state index in [2.05, 4.69) is 59.5 Å². The molecule has 2 aliphatic rings. The molecule has 6 nitrogen and oxygen atoms in total. The van der Waals surface area contributed by atoms with Gasteiger partial charge in [0.25, 0.3) is 5.91 Å². The van der Waals surface area contributed by atoms with Gasteiger partial charge >= 0.3 is 0 Å². The molecule has 0 bridgehead atoms. The van der Waals surface area contributed by atoms with E-state index in [-0.39, 0.29) is 11.7 Å². The molecular weight excluding hydrogens is 472 g/mol. The van der Waals surface area contributed by atoms with Crippen LogP contribution >= 0.6 is 0 Å². The zero-order valence-corrected chi connectivity index (χ0v) is 23.4. The van der Waals surface area contributed by atoms with Gasteiger partial charge in [-0.05, 0) is 112 Å². The first-order valence-electron chi connectivity index (χ1n) is 14.4. The lowest BCUT2D eigenvalue weighted by Gasteiger charge is -2.32. The number of hydrogen-bond donors (Lipinski definition) is 2. The Labute approximate surface area is 226 Å². The lowest BCUT2D eigenvalue weighted by Crippen LogP contribution is -2.41. The Hall–Kier alpha value is -2.99. The highest BCUT2D eigenvalue weighted by Gasteiger charge is 2.28. The summed E-state index contributed by atoms with van der Waals surface area (Å²) in [6.45, 7) is 12.0. The highest BCUT2D eigenvalue weighted by atomic mass is 16.2. The number of hydrogen-bond acceptors (Lipinski definition) is 4. The number of pyridine rings is 1. The number of rotatable bonds is 7. The first-order valence-corrected chi connectivity index (χ1v) is 14.4. The first-order chi connectivity index (χ1) is 18.3. The zero-order valence-electron chi connectivity index (χ0n) is 23.4. The Bertz CT molecular complexity index is 1290. The second-order valence-electron chi connectivity index (χ2n) is 11.7. The number of carbonyl (C=O) groups is 2. The number of carbonyl (C=O) groups excluding carboxylic acids is 2. The van der Waals surface area contributed by atoms with Crippen LogP contribution < -0.4 is 5.32 Å². The van der Waals surface area contributed by atoms with Crippen molar-refractivity contribution in [3.63, 3.8) is 0 Å². The standard InChI is InChI=1S/C32H42N4O2/c1-20(2)30-27-19-25(6-7-28(27)35-31(30)26-17-21(3)34-22(4)18-26)24-11-15-36(16-12-24)32(38)29(37)8-5-23-9-13-33-14-10-23/h6-7,17-20,23-24,33,35H,5,8-16H2,1-4H3. The van der Waals surface area contributed by atoms with Gasteiger partial charge in [-0.1, -0.05) is 19.9 Å². The maximum absolute atomic E-state index is 12.8. The van der Waals surface area contributed by atoms with Crippen molar-refractivity contribution >= 4 is 22.6 Å². The molecular formula is C32H42N4O2. The van der Waals surface area contributed by atoms with Gasteiger partial charge in [0.05, 0.1) is 5.69 Å². The number of piperidine rings is 2. The monoisotopic (exact) mass is 514 g/mol. The first kappa shape index (κ1) is 26.6. The van der Waals surface area contributed by atoms with Crippen LogP contribution in [0.15, 0.2) is 30.3 Å². The van der Waals surface area contributed by atoms with Crippen LogP contribution in [0.3, 0.4) is 0 Å². The smallest absolute Gasteiger partial charge is 0.289 e.